The summed E-state index contributed by atoms with van der Waals surface area (Å²) < 4.78 is 424. The summed E-state index contributed by atoms with van der Waals surface area (Å²) >= 11 is 0. The molecule has 328 valence electrons. The van der Waals surface area contributed by atoms with Crippen LogP contribution in [0.1, 0.15) is 12.8 Å². The SMILES string of the molecule is C=C(O)C(=O)OCCCC(F)(F)C(F)(F)C(F)(F)C(F)(F)C(F)(F)C(F)(F)C(F)(F)C(F)(F)C(F)(F)C(F)(F)C(F)(F)C(F)(F)C(F)(C(F)(F)F)C(F)(F)F. The Bertz CT molecular complexity index is 1400. The Morgan fingerprint density at radius 3 is 0.836 bits per heavy atom. The largest absolute Gasteiger partial charge is 0.502 e. The number of halogens is 31. The van der Waals surface area contributed by atoms with E-state index in [1.807, 2.05) is 0 Å². The minimum Gasteiger partial charge on any atom is -0.502 e. The molecule has 0 saturated heterocycles. The third kappa shape index (κ3) is 6.67. The van der Waals surface area contributed by atoms with Gasteiger partial charge in [-0.2, -0.15) is 132 Å². The molecular weight excluding hydrogens is 889 g/mol. The van der Waals surface area contributed by atoms with Gasteiger partial charge in [-0.05, 0) is 13.0 Å². The number of alkyl halides is 31. The van der Waals surface area contributed by atoms with Crippen LogP contribution in [-0.4, -0.2) is 107 Å². The van der Waals surface area contributed by atoms with Crippen LogP contribution in [0.15, 0.2) is 12.3 Å². The fourth-order valence-corrected chi connectivity index (χ4v) is 3.44. The minimum absolute atomic E-state index is 1.62. The molecule has 0 aliphatic rings. The molecule has 0 aliphatic carbocycles. The molecule has 0 amide bonds. The van der Waals surface area contributed by atoms with Crippen molar-refractivity contribution >= 4 is 5.97 Å². The van der Waals surface area contributed by atoms with Crippen molar-refractivity contribution < 1.29 is 151 Å². The molecule has 0 aromatic heterocycles. The van der Waals surface area contributed by atoms with E-state index in [-0.39, 0.29) is 0 Å². The lowest BCUT2D eigenvalue weighted by atomic mass is 9.81. The van der Waals surface area contributed by atoms with Crippen LogP contribution in [-0.2, 0) is 9.53 Å². The van der Waals surface area contributed by atoms with Crippen molar-refractivity contribution in [2.24, 2.45) is 0 Å². The predicted molar refractivity (Wildman–Crippen MR) is 107 cm³/mol. The summed E-state index contributed by atoms with van der Waals surface area (Å²) in [5.41, 5.74) is -9.38. The summed E-state index contributed by atoms with van der Waals surface area (Å²) in [7, 11) is 0. The zero-order valence-corrected chi connectivity index (χ0v) is 24.3. The van der Waals surface area contributed by atoms with Gasteiger partial charge < -0.3 is 9.84 Å². The molecule has 0 heterocycles. The molecule has 0 atom stereocenters. The number of hydrogen-bond donors (Lipinski definition) is 1. The monoisotopic (exact) mass is 898 g/mol. The maximum Gasteiger partial charge on any atom is 0.438 e. The highest BCUT2D eigenvalue weighted by Crippen LogP contribution is 2.70. The second-order valence-corrected chi connectivity index (χ2v) is 10.4. The summed E-state index contributed by atoms with van der Waals surface area (Å²) in [6.07, 6.45) is -22.9. The molecule has 0 rings (SSSR count). The summed E-state index contributed by atoms with van der Waals surface area (Å²) in [6, 6.07) is 0. The van der Waals surface area contributed by atoms with Crippen molar-refractivity contribution in [2.45, 2.75) is 102 Å². The second kappa shape index (κ2) is 13.5. The van der Waals surface area contributed by atoms with Gasteiger partial charge in [0.1, 0.15) is 0 Å². The van der Waals surface area contributed by atoms with Crippen LogP contribution in [0.3, 0.4) is 0 Å². The fraction of sp³-hybridized carbons (Fsp3) is 0.857. The van der Waals surface area contributed by atoms with Gasteiger partial charge in [0.25, 0.3) is 0 Å². The smallest absolute Gasteiger partial charge is 0.438 e. The van der Waals surface area contributed by atoms with E-state index < -0.39 is 120 Å². The average Bonchev–Trinajstić information content (AvgIpc) is 2.96. The first-order valence-corrected chi connectivity index (χ1v) is 12.2. The lowest BCUT2D eigenvalue weighted by Gasteiger charge is -2.47. The molecule has 0 bridgehead atoms. The minimum atomic E-state index is -10.2. The normalized spacial score (nSPS) is 16.3. The molecule has 0 radical (unpaired) electrons. The van der Waals surface area contributed by atoms with Gasteiger partial charge in [0.2, 0.25) is 0 Å². The summed E-state index contributed by atoms with van der Waals surface area (Å²) in [6.45, 7) is 0.606. The van der Waals surface area contributed by atoms with Gasteiger partial charge in [-0.15, -0.1) is 0 Å². The maximum atomic E-state index is 14.0. The van der Waals surface area contributed by atoms with E-state index in [1.165, 1.54) is 0 Å². The third-order valence-electron chi connectivity index (χ3n) is 6.72. The number of aliphatic hydroxyl groups excluding tert-OH is 1. The van der Waals surface area contributed by atoms with Crippen LogP contribution < -0.4 is 0 Å². The first-order valence-electron chi connectivity index (χ1n) is 12.2. The second-order valence-electron chi connectivity index (χ2n) is 10.4. The van der Waals surface area contributed by atoms with Crippen LogP contribution in [0, 0.1) is 0 Å². The Hall–Kier alpha value is -3.16. The van der Waals surface area contributed by atoms with Crippen LogP contribution in [0.4, 0.5) is 136 Å². The average molecular weight is 898 g/mol. The molecule has 0 unspecified atom stereocenters. The van der Waals surface area contributed by atoms with Crippen molar-refractivity contribution in [3.05, 3.63) is 12.3 Å². The highest BCUT2D eigenvalue weighted by molar-refractivity contribution is 5.84. The maximum absolute atomic E-state index is 14.0. The molecular formula is C21H9F31O3. The Morgan fingerprint density at radius 1 is 0.400 bits per heavy atom. The van der Waals surface area contributed by atoms with E-state index in [9.17, 15) is 141 Å². The molecule has 0 aromatic carbocycles. The van der Waals surface area contributed by atoms with E-state index in [2.05, 4.69) is 11.3 Å². The van der Waals surface area contributed by atoms with Gasteiger partial charge in [-0.25, -0.2) is 9.18 Å². The lowest BCUT2D eigenvalue weighted by molar-refractivity contribution is -0.490. The molecule has 0 spiro atoms. The van der Waals surface area contributed by atoms with Gasteiger partial charge in [0.05, 0.1) is 6.61 Å². The van der Waals surface area contributed by atoms with Crippen molar-refractivity contribution in [1.29, 1.82) is 0 Å². The lowest BCUT2D eigenvalue weighted by Crippen LogP contribution is -2.80. The van der Waals surface area contributed by atoms with Crippen molar-refractivity contribution in [3.8, 4) is 0 Å². The Labute approximate surface area is 279 Å². The fourth-order valence-electron chi connectivity index (χ4n) is 3.44. The zero-order chi connectivity index (χ0) is 45.5. The quantitative estimate of drug-likeness (QED) is 0.0520. The first-order chi connectivity index (χ1) is 23.3. The van der Waals surface area contributed by atoms with E-state index in [0.717, 1.165) is 0 Å². The van der Waals surface area contributed by atoms with Gasteiger partial charge >= 0.3 is 95.1 Å². The van der Waals surface area contributed by atoms with Crippen LogP contribution in [0.2, 0.25) is 0 Å². The molecule has 1 N–H and O–H groups in total. The number of rotatable bonds is 17. The molecule has 0 saturated carbocycles. The summed E-state index contributed by atoms with van der Waals surface area (Å²) in [4.78, 5) is 10.8. The number of carbonyl (C=O) groups excluding carboxylic acids is 1. The molecule has 0 fully saturated rings. The van der Waals surface area contributed by atoms with E-state index in [0.29, 0.717) is 0 Å². The van der Waals surface area contributed by atoms with E-state index in [1.54, 1.807) is 0 Å². The van der Waals surface area contributed by atoms with Crippen molar-refractivity contribution in [1.82, 2.24) is 0 Å². The van der Waals surface area contributed by atoms with Gasteiger partial charge in [-0.1, -0.05) is 0 Å². The highest BCUT2D eigenvalue weighted by atomic mass is 19.4. The Morgan fingerprint density at radius 2 is 0.618 bits per heavy atom. The summed E-state index contributed by atoms with van der Waals surface area (Å²) in [5.74, 6) is -118. The number of ether oxygens (including phenoxy) is 1. The van der Waals surface area contributed by atoms with Crippen molar-refractivity contribution in [3.63, 3.8) is 0 Å². The molecule has 55 heavy (non-hydrogen) atoms. The third-order valence-corrected chi connectivity index (χ3v) is 6.72. The Kier molecular flexibility index (Phi) is 12.7. The number of hydrogen-bond acceptors (Lipinski definition) is 3. The van der Waals surface area contributed by atoms with Gasteiger partial charge in [-0.3, -0.25) is 0 Å². The number of esters is 1. The zero-order valence-electron chi connectivity index (χ0n) is 24.3. The van der Waals surface area contributed by atoms with Gasteiger partial charge in [0.15, 0.2) is 5.76 Å². The topological polar surface area (TPSA) is 46.5 Å². The van der Waals surface area contributed by atoms with Crippen LogP contribution in [0.25, 0.3) is 0 Å². The number of carbonyl (C=O) groups is 1. The number of aliphatic hydroxyl groups is 1. The summed E-state index contributed by atoms with van der Waals surface area (Å²) in [5, 5.41) is 8.51. The predicted octanol–water partition coefficient (Wildman–Crippen LogP) is 10.8. The molecule has 3 nitrogen and oxygen atoms in total. The Balaban J connectivity index is 7.45. The first kappa shape index (κ1) is 51.8. The molecule has 34 heteroatoms. The van der Waals surface area contributed by atoms with Crippen LogP contribution >= 0.6 is 0 Å². The van der Waals surface area contributed by atoms with E-state index >= 15 is 0 Å². The standard InChI is InChI=1S/C21H9F31O3/c1-5(53)6(54)55-4-2-3-7(22,23)9(25,26)11(29,30)13(33,34)15(37,38)17(41,42)19(45,46)18(43,44)16(39,40)14(35,36)12(31,32)10(27,28)8(24,20(47,48)49)21(50,51)52/h53H,1-4H2. The molecule has 0 aromatic rings. The van der Waals surface area contributed by atoms with E-state index in [4.69, 9.17) is 5.11 Å². The van der Waals surface area contributed by atoms with Crippen LogP contribution in [0.5, 0.6) is 0 Å². The molecule has 0 aliphatic heterocycles. The van der Waals surface area contributed by atoms with Gasteiger partial charge in [0, 0.05) is 6.42 Å². The highest BCUT2D eigenvalue weighted by Gasteiger charge is 3.02. The van der Waals surface area contributed by atoms with Crippen molar-refractivity contribution in [2.75, 3.05) is 6.61 Å².